The summed E-state index contributed by atoms with van der Waals surface area (Å²) in [6, 6.07) is 7.94. The summed E-state index contributed by atoms with van der Waals surface area (Å²) >= 11 is 3.16. The van der Waals surface area contributed by atoms with E-state index in [0.717, 1.165) is 12.1 Å². The van der Waals surface area contributed by atoms with Crippen molar-refractivity contribution >= 4 is 38.2 Å². The second-order valence-corrected chi connectivity index (χ2v) is 5.31. The smallest absolute Gasteiger partial charge is 0.152 e. The first-order valence-electron chi connectivity index (χ1n) is 6.00. The minimum Gasteiger partial charge on any atom is -0.353 e. The van der Waals surface area contributed by atoms with Gasteiger partial charge in [0.1, 0.15) is 17.2 Å². The molecular weight excluding hydrogens is 345 g/mol. The summed E-state index contributed by atoms with van der Waals surface area (Å²) in [6.07, 6.45) is 1.38. The summed E-state index contributed by atoms with van der Waals surface area (Å²) in [4.78, 5) is 3.88. The molecule has 0 aliphatic carbocycles. The molecule has 0 aliphatic rings. The number of anilines is 2. The van der Waals surface area contributed by atoms with Gasteiger partial charge in [-0.2, -0.15) is 0 Å². The molecule has 0 aliphatic heterocycles. The van der Waals surface area contributed by atoms with Crippen molar-refractivity contribution < 1.29 is 13.2 Å². The molecule has 3 aromatic rings. The number of fused-ring (bicyclic) bond motifs is 1. The molecule has 0 bridgehead atoms. The van der Waals surface area contributed by atoms with Gasteiger partial charge >= 0.3 is 0 Å². The predicted octanol–water partition coefficient (Wildman–Crippen LogP) is 5.16. The van der Waals surface area contributed by atoms with Crippen molar-refractivity contribution in [2.75, 3.05) is 5.32 Å². The molecule has 1 heterocycles. The Bertz CT molecular complexity index is 837. The Hall–Kier alpha value is -2.08. The fraction of sp³-hybridized carbons (Fsp3) is 0. The van der Waals surface area contributed by atoms with Gasteiger partial charge in [0.15, 0.2) is 5.82 Å². The van der Waals surface area contributed by atoms with Gasteiger partial charge in [-0.3, -0.25) is 4.98 Å². The Kier molecular flexibility index (Phi) is 3.55. The molecule has 0 fully saturated rings. The molecule has 0 amide bonds. The van der Waals surface area contributed by atoms with E-state index >= 15 is 0 Å². The number of rotatable bonds is 2. The zero-order chi connectivity index (χ0) is 15.0. The van der Waals surface area contributed by atoms with Crippen LogP contribution >= 0.6 is 15.9 Å². The number of nitrogens with zero attached hydrogens (tertiary/aromatic N) is 1. The van der Waals surface area contributed by atoms with Crippen LogP contribution in [0.5, 0.6) is 0 Å². The van der Waals surface area contributed by atoms with Crippen molar-refractivity contribution in [2.45, 2.75) is 0 Å². The molecule has 0 spiro atoms. The van der Waals surface area contributed by atoms with E-state index in [9.17, 15) is 13.2 Å². The first kappa shape index (κ1) is 13.9. The van der Waals surface area contributed by atoms with Crippen LogP contribution in [-0.2, 0) is 0 Å². The maximum atomic E-state index is 13.8. The van der Waals surface area contributed by atoms with Crippen molar-refractivity contribution in [1.82, 2.24) is 4.98 Å². The fourth-order valence-corrected chi connectivity index (χ4v) is 2.36. The number of benzene rings is 2. The van der Waals surface area contributed by atoms with Crippen LogP contribution in [0.25, 0.3) is 10.9 Å². The standard InChI is InChI=1S/C15H8BrF3N2/c16-8-1-2-14(11(18)5-8)21-13-3-4-20-15-10(13)6-9(17)7-12(15)19/h1-7H,(H,20,21). The van der Waals surface area contributed by atoms with Crippen LogP contribution in [0.1, 0.15) is 0 Å². The average Bonchev–Trinajstić information content (AvgIpc) is 2.42. The van der Waals surface area contributed by atoms with Crippen molar-refractivity contribution in [3.63, 3.8) is 0 Å². The highest BCUT2D eigenvalue weighted by Gasteiger charge is 2.11. The third-order valence-electron chi connectivity index (χ3n) is 2.96. The number of nitrogens with one attached hydrogen (secondary N) is 1. The maximum absolute atomic E-state index is 13.8. The predicted molar refractivity (Wildman–Crippen MR) is 79.0 cm³/mol. The summed E-state index contributed by atoms with van der Waals surface area (Å²) in [5.74, 6) is -1.96. The normalized spacial score (nSPS) is 10.9. The molecule has 0 radical (unpaired) electrons. The lowest BCUT2D eigenvalue weighted by Gasteiger charge is -2.11. The van der Waals surface area contributed by atoms with E-state index in [1.54, 1.807) is 6.07 Å². The van der Waals surface area contributed by atoms with Gasteiger partial charge in [-0.1, -0.05) is 15.9 Å². The summed E-state index contributed by atoms with van der Waals surface area (Å²) < 4.78 is 41.5. The van der Waals surface area contributed by atoms with Gasteiger partial charge in [-0.05, 0) is 30.3 Å². The van der Waals surface area contributed by atoms with E-state index in [1.807, 2.05) is 0 Å². The summed E-state index contributed by atoms with van der Waals surface area (Å²) in [5.41, 5.74) is 0.605. The zero-order valence-electron chi connectivity index (χ0n) is 10.5. The van der Waals surface area contributed by atoms with Crippen LogP contribution < -0.4 is 5.32 Å². The average molecular weight is 353 g/mol. The molecule has 2 nitrogen and oxygen atoms in total. The number of halogens is 4. The highest BCUT2D eigenvalue weighted by atomic mass is 79.9. The van der Waals surface area contributed by atoms with E-state index < -0.39 is 17.5 Å². The van der Waals surface area contributed by atoms with Gasteiger partial charge in [-0.15, -0.1) is 0 Å². The molecule has 0 saturated carbocycles. The highest BCUT2D eigenvalue weighted by molar-refractivity contribution is 9.10. The second kappa shape index (κ2) is 5.37. The number of hydrogen-bond acceptors (Lipinski definition) is 2. The molecule has 0 saturated heterocycles. The van der Waals surface area contributed by atoms with Crippen LogP contribution in [0.3, 0.4) is 0 Å². The molecule has 2 aromatic carbocycles. The molecule has 1 N–H and O–H groups in total. The van der Waals surface area contributed by atoms with Gasteiger partial charge in [0, 0.05) is 27.8 Å². The molecule has 3 rings (SSSR count). The first-order chi connectivity index (χ1) is 10.0. The van der Waals surface area contributed by atoms with Crippen molar-refractivity contribution in [1.29, 1.82) is 0 Å². The van der Waals surface area contributed by atoms with Crippen LogP contribution in [0.2, 0.25) is 0 Å². The van der Waals surface area contributed by atoms with E-state index in [0.29, 0.717) is 10.2 Å². The van der Waals surface area contributed by atoms with Crippen LogP contribution in [0.15, 0.2) is 47.1 Å². The van der Waals surface area contributed by atoms with Gasteiger partial charge in [0.2, 0.25) is 0 Å². The third kappa shape index (κ3) is 2.71. The largest absolute Gasteiger partial charge is 0.353 e. The Morgan fingerprint density at radius 1 is 0.905 bits per heavy atom. The van der Waals surface area contributed by atoms with Crippen molar-refractivity contribution in [2.24, 2.45) is 0 Å². The van der Waals surface area contributed by atoms with Crippen LogP contribution in [0, 0.1) is 17.5 Å². The monoisotopic (exact) mass is 352 g/mol. The highest BCUT2D eigenvalue weighted by Crippen LogP contribution is 2.29. The molecule has 21 heavy (non-hydrogen) atoms. The zero-order valence-corrected chi connectivity index (χ0v) is 12.1. The van der Waals surface area contributed by atoms with Gasteiger partial charge in [0.25, 0.3) is 0 Å². The third-order valence-corrected chi connectivity index (χ3v) is 3.46. The molecule has 0 unspecified atom stereocenters. The van der Waals surface area contributed by atoms with E-state index in [-0.39, 0.29) is 16.6 Å². The Balaban J connectivity index is 2.12. The topological polar surface area (TPSA) is 24.9 Å². The Labute approximate surface area is 126 Å². The van der Waals surface area contributed by atoms with E-state index in [1.165, 1.54) is 24.4 Å². The SMILES string of the molecule is Fc1cc(F)c2nccc(Nc3ccc(Br)cc3F)c2c1. The lowest BCUT2D eigenvalue weighted by molar-refractivity contribution is 0.590. The maximum Gasteiger partial charge on any atom is 0.152 e. The second-order valence-electron chi connectivity index (χ2n) is 4.39. The molecule has 106 valence electrons. The lowest BCUT2D eigenvalue weighted by atomic mass is 10.1. The number of pyridine rings is 1. The van der Waals surface area contributed by atoms with E-state index in [2.05, 4.69) is 26.2 Å². The van der Waals surface area contributed by atoms with Crippen molar-refractivity contribution in [3.05, 3.63) is 64.5 Å². The number of hydrogen-bond donors (Lipinski definition) is 1. The minimum atomic E-state index is -0.759. The molecule has 6 heteroatoms. The lowest BCUT2D eigenvalue weighted by Crippen LogP contribution is -1.97. The quantitative estimate of drug-likeness (QED) is 0.689. The summed E-state index contributed by atoms with van der Waals surface area (Å²) in [6.45, 7) is 0. The molecule has 0 atom stereocenters. The minimum absolute atomic E-state index is 0.0268. The van der Waals surface area contributed by atoms with Crippen LogP contribution in [-0.4, -0.2) is 4.98 Å². The molecular formula is C15H8BrF3N2. The number of aromatic nitrogens is 1. The van der Waals surface area contributed by atoms with Gasteiger partial charge < -0.3 is 5.32 Å². The Morgan fingerprint density at radius 2 is 1.71 bits per heavy atom. The van der Waals surface area contributed by atoms with E-state index in [4.69, 9.17) is 0 Å². The summed E-state index contributed by atoms with van der Waals surface area (Å²) in [7, 11) is 0. The van der Waals surface area contributed by atoms with Gasteiger partial charge in [0.05, 0.1) is 5.69 Å². The molecule has 1 aromatic heterocycles. The summed E-state index contributed by atoms with van der Waals surface area (Å²) in [5, 5.41) is 3.08. The van der Waals surface area contributed by atoms with Crippen LogP contribution in [0.4, 0.5) is 24.5 Å². The fourth-order valence-electron chi connectivity index (χ4n) is 2.02. The Morgan fingerprint density at radius 3 is 2.48 bits per heavy atom. The first-order valence-corrected chi connectivity index (χ1v) is 6.80. The van der Waals surface area contributed by atoms with Gasteiger partial charge in [-0.25, -0.2) is 13.2 Å². The van der Waals surface area contributed by atoms with Crippen molar-refractivity contribution in [3.8, 4) is 0 Å².